The van der Waals surface area contributed by atoms with Crippen LogP contribution >= 0.6 is 11.6 Å². The van der Waals surface area contributed by atoms with Gasteiger partial charge in [-0.1, -0.05) is 41.9 Å². The maximum absolute atomic E-state index is 6.43. The van der Waals surface area contributed by atoms with Gasteiger partial charge in [0, 0.05) is 16.5 Å². The van der Waals surface area contributed by atoms with E-state index in [2.05, 4.69) is 61.5 Å². The van der Waals surface area contributed by atoms with Crippen molar-refractivity contribution in [2.75, 3.05) is 14.1 Å². The first-order chi connectivity index (χ1) is 11.6. The Morgan fingerprint density at radius 1 is 0.917 bits per heavy atom. The highest BCUT2D eigenvalue weighted by Crippen LogP contribution is 2.50. The zero-order valence-electron chi connectivity index (χ0n) is 14.7. The van der Waals surface area contributed by atoms with Crippen molar-refractivity contribution in [1.82, 2.24) is 4.90 Å². The number of hydrogen-bond acceptors (Lipinski definition) is 1. The molecule has 1 saturated carbocycles. The van der Waals surface area contributed by atoms with E-state index >= 15 is 0 Å². The number of nitrogens with zero attached hydrogens (tertiary/aromatic N) is 1. The molecular formula is C22H26ClN. The number of rotatable bonds is 1. The summed E-state index contributed by atoms with van der Waals surface area (Å²) < 4.78 is 0. The molecule has 0 unspecified atom stereocenters. The fraction of sp³-hybridized carbons (Fsp3) is 0.455. The minimum atomic E-state index is 0.153. The summed E-state index contributed by atoms with van der Waals surface area (Å²) in [5, 5.41) is 0.877. The van der Waals surface area contributed by atoms with Gasteiger partial charge in [0.1, 0.15) is 0 Å². The van der Waals surface area contributed by atoms with Gasteiger partial charge in [-0.15, -0.1) is 0 Å². The Morgan fingerprint density at radius 3 is 2.29 bits per heavy atom. The van der Waals surface area contributed by atoms with Crippen LogP contribution in [0.15, 0.2) is 42.5 Å². The third-order valence-corrected chi connectivity index (χ3v) is 6.56. The highest BCUT2D eigenvalue weighted by Gasteiger charge is 2.42. The van der Waals surface area contributed by atoms with E-state index in [-0.39, 0.29) is 5.41 Å². The monoisotopic (exact) mass is 339 g/mol. The predicted molar refractivity (Wildman–Crippen MR) is 102 cm³/mol. The molecule has 1 spiro atoms. The van der Waals surface area contributed by atoms with Gasteiger partial charge in [-0.05, 0) is 87.0 Å². The third kappa shape index (κ3) is 2.59. The summed E-state index contributed by atoms with van der Waals surface area (Å²) in [5.41, 5.74) is 6.24. The molecule has 24 heavy (non-hydrogen) atoms. The van der Waals surface area contributed by atoms with Crippen LogP contribution in [0.3, 0.4) is 0 Å². The smallest absolute Gasteiger partial charge is 0.0409 e. The second-order valence-electron chi connectivity index (χ2n) is 7.74. The number of benzene rings is 2. The number of hydrogen-bond donors (Lipinski definition) is 0. The number of halogens is 1. The highest BCUT2D eigenvalue weighted by molar-refractivity contribution is 6.30. The van der Waals surface area contributed by atoms with E-state index in [0.717, 1.165) is 17.9 Å². The molecule has 0 radical (unpaired) electrons. The van der Waals surface area contributed by atoms with E-state index in [1.807, 2.05) is 0 Å². The standard InChI is InChI=1S/C22H26ClN/c1-24(2)19-11-13-22(14-12-19)20-6-4-3-5-16(20)7-8-17-9-10-18(23)15-21(17)22/h3-6,9-10,15,19H,7-8,11-14H2,1-2H3. The van der Waals surface area contributed by atoms with E-state index in [4.69, 9.17) is 11.6 Å². The molecule has 126 valence electrons. The zero-order chi connectivity index (χ0) is 16.7. The van der Waals surface area contributed by atoms with Crippen molar-refractivity contribution >= 4 is 11.6 Å². The Morgan fingerprint density at radius 2 is 1.58 bits per heavy atom. The van der Waals surface area contributed by atoms with E-state index in [1.54, 1.807) is 5.56 Å². The molecule has 0 aromatic heterocycles. The van der Waals surface area contributed by atoms with Gasteiger partial charge in [-0.2, -0.15) is 0 Å². The van der Waals surface area contributed by atoms with Crippen molar-refractivity contribution in [2.24, 2.45) is 0 Å². The van der Waals surface area contributed by atoms with Crippen LogP contribution in [-0.4, -0.2) is 25.0 Å². The number of fused-ring (bicyclic) bond motifs is 4. The second kappa shape index (κ2) is 6.20. The molecular weight excluding hydrogens is 314 g/mol. The van der Waals surface area contributed by atoms with E-state index < -0.39 is 0 Å². The first-order valence-electron chi connectivity index (χ1n) is 9.14. The Kier molecular flexibility index (Phi) is 4.18. The molecule has 0 atom stereocenters. The molecule has 0 aliphatic heterocycles. The van der Waals surface area contributed by atoms with Crippen molar-refractivity contribution in [3.8, 4) is 0 Å². The molecule has 0 bridgehead atoms. The van der Waals surface area contributed by atoms with E-state index in [1.165, 1.54) is 42.4 Å². The molecule has 2 aromatic carbocycles. The van der Waals surface area contributed by atoms with Crippen molar-refractivity contribution < 1.29 is 0 Å². The molecule has 1 nitrogen and oxygen atoms in total. The highest BCUT2D eigenvalue weighted by atomic mass is 35.5. The maximum Gasteiger partial charge on any atom is 0.0409 e. The summed E-state index contributed by atoms with van der Waals surface area (Å²) in [6.45, 7) is 0. The summed E-state index contributed by atoms with van der Waals surface area (Å²) in [4.78, 5) is 2.40. The van der Waals surface area contributed by atoms with Crippen LogP contribution in [0.1, 0.15) is 47.9 Å². The fourth-order valence-corrected chi connectivity index (χ4v) is 5.15. The van der Waals surface area contributed by atoms with Gasteiger partial charge < -0.3 is 4.90 Å². The molecule has 0 saturated heterocycles. The largest absolute Gasteiger partial charge is 0.306 e. The van der Waals surface area contributed by atoms with Crippen molar-refractivity contribution in [2.45, 2.75) is 50.0 Å². The number of aryl methyl sites for hydroxylation is 2. The average Bonchev–Trinajstić information content (AvgIpc) is 2.72. The Labute approximate surface area is 150 Å². The maximum atomic E-state index is 6.43. The minimum absolute atomic E-state index is 0.153. The summed E-state index contributed by atoms with van der Waals surface area (Å²) in [6.07, 6.45) is 7.23. The van der Waals surface area contributed by atoms with Crippen molar-refractivity contribution in [3.63, 3.8) is 0 Å². The lowest BCUT2D eigenvalue weighted by Crippen LogP contribution is -2.40. The average molecular weight is 340 g/mol. The van der Waals surface area contributed by atoms with Crippen LogP contribution < -0.4 is 0 Å². The molecule has 1 fully saturated rings. The molecule has 2 aliphatic rings. The third-order valence-electron chi connectivity index (χ3n) is 6.32. The van der Waals surface area contributed by atoms with Gasteiger partial charge >= 0.3 is 0 Å². The van der Waals surface area contributed by atoms with Crippen LogP contribution in [0, 0.1) is 0 Å². The molecule has 2 heteroatoms. The van der Waals surface area contributed by atoms with Crippen molar-refractivity contribution in [3.05, 3.63) is 69.7 Å². The summed E-state index contributed by atoms with van der Waals surface area (Å²) in [5.74, 6) is 0. The molecule has 2 aliphatic carbocycles. The molecule has 0 amide bonds. The summed E-state index contributed by atoms with van der Waals surface area (Å²) >= 11 is 6.43. The Balaban J connectivity index is 1.87. The lowest BCUT2D eigenvalue weighted by Gasteiger charge is -2.44. The van der Waals surface area contributed by atoms with Gasteiger partial charge in [0.25, 0.3) is 0 Å². The predicted octanol–water partition coefficient (Wildman–Crippen LogP) is 5.23. The Hall–Kier alpha value is -1.31. The van der Waals surface area contributed by atoms with Crippen LogP contribution in [0.5, 0.6) is 0 Å². The Bertz CT molecular complexity index is 741. The van der Waals surface area contributed by atoms with Crippen LogP contribution in [0.4, 0.5) is 0 Å². The molecule has 0 N–H and O–H groups in total. The SMILES string of the molecule is CN(C)C1CCC2(CC1)c1ccccc1CCc1ccc(Cl)cc12. The molecule has 2 aromatic rings. The molecule has 0 heterocycles. The van der Waals surface area contributed by atoms with Gasteiger partial charge in [0.2, 0.25) is 0 Å². The topological polar surface area (TPSA) is 3.24 Å². The van der Waals surface area contributed by atoms with Gasteiger partial charge in [0.05, 0.1) is 0 Å². The summed E-state index contributed by atoms with van der Waals surface area (Å²) in [6, 6.07) is 16.4. The lowest BCUT2D eigenvalue weighted by molar-refractivity contribution is 0.189. The summed E-state index contributed by atoms with van der Waals surface area (Å²) in [7, 11) is 4.43. The molecule has 4 rings (SSSR count). The zero-order valence-corrected chi connectivity index (χ0v) is 15.4. The van der Waals surface area contributed by atoms with Gasteiger partial charge in [-0.25, -0.2) is 0 Å². The van der Waals surface area contributed by atoms with Crippen LogP contribution in [0.25, 0.3) is 0 Å². The van der Waals surface area contributed by atoms with E-state index in [9.17, 15) is 0 Å². The van der Waals surface area contributed by atoms with Gasteiger partial charge in [0.15, 0.2) is 0 Å². The van der Waals surface area contributed by atoms with Crippen LogP contribution in [0.2, 0.25) is 5.02 Å². The second-order valence-corrected chi connectivity index (χ2v) is 8.17. The normalized spacial score (nSPS) is 26.1. The minimum Gasteiger partial charge on any atom is -0.306 e. The van der Waals surface area contributed by atoms with E-state index in [0.29, 0.717) is 6.04 Å². The van der Waals surface area contributed by atoms with Gasteiger partial charge in [-0.3, -0.25) is 0 Å². The quantitative estimate of drug-likeness (QED) is 0.687. The fourth-order valence-electron chi connectivity index (χ4n) is 4.98. The van der Waals surface area contributed by atoms with Crippen molar-refractivity contribution in [1.29, 1.82) is 0 Å². The first kappa shape index (κ1) is 16.2. The lowest BCUT2D eigenvalue weighted by atomic mass is 9.63. The van der Waals surface area contributed by atoms with Crippen LogP contribution in [-0.2, 0) is 18.3 Å². The first-order valence-corrected chi connectivity index (χ1v) is 9.52.